The number of nitrogens with one attached hydrogen (secondary N) is 2. The topological polar surface area (TPSA) is 67.4 Å². The third-order valence-corrected chi connectivity index (χ3v) is 3.28. The maximum Gasteiger partial charge on any atom is 0.407 e. The molecule has 0 unspecified atom stereocenters. The van der Waals surface area contributed by atoms with Gasteiger partial charge in [0.25, 0.3) is 0 Å². The van der Waals surface area contributed by atoms with Crippen molar-refractivity contribution < 1.29 is 14.3 Å². The number of carbonyl (C=O) groups is 2. The molecule has 0 aromatic heterocycles. The van der Waals surface area contributed by atoms with Crippen molar-refractivity contribution in [2.75, 3.05) is 6.54 Å². The van der Waals surface area contributed by atoms with Gasteiger partial charge in [-0.2, -0.15) is 0 Å². The van der Waals surface area contributed by atoms with Crippen molar-refractivity contribution in [2.24, 2.45) is 0 Å². The number of ether oxygens (including phenoxy) is 1. The summed E-state index contributed by atoms with van der Waals surface area (Å²) in [5.74, 6) is -0.266. The standard InChI is InChI=1S/C18H20N2O3/c1-14(16-10-6-3-7-11-16)20-17(21)12-19-18(22)23-13-15-8-4-2-5-9-15/h2-11,14H,12-13H2,1H3,(H,19,22)(H,20,21)/t14-/m1/s1. The fourth-order valence-corrected chi connectivity index (χ4v) is 2.04. The first-order chi connectivity index (χ1) is 11.1. The van der Waals surface area contributed by atoms with Crippen LogP contribution in [0.2, 0.25) is 0 Å². The lowest BCUT2D eigenvalue weighted by Crippen LogP contribution is -2.38. The predicted molar refractivity (Wildman–Crippen MR) is 87.6 cm³/mol. The number of hydrogen-bond donors (Lipinski definition) is 2. The summed E-state index contributed by atoms with van der Waals surface area (Å²) < 4.78 is 5.04. The maximum absolute atomic E-state index is 11.8. The molecule has 5 nitrogen and oxygen atoms in total. The average Bonchev–Trinajstić information content (AvgIpc) is 2.60. The summed E-state index contributed by atoms with van der Waals surface area (Å²) in [4.78, 5) is 23.4. The van der Waals surface area contributed by atoms with Crippen molar-refractivity contribution in [3.8, 4) is 0 Å². The van der Waals surface area contributed by atoms with Crippen LogP contribution < -0.4 is 10.6 Å². The van der Waals surface area contributed by atoms with E-state index in [0.717, 1.165) is 11.1 Å². The normalized spacial score (nSPS) is 11.3. The van der Waals surface area contributed by atoms with E-state index in [2.05, 4.69) is 10.6 Å². The highest BCUT2D eigenvalue weighted by Crippen LogP contribution is 2.10. The highest BCUT2D eigenvalue weighted by molar-refractivity contribution is 5.82. The minimum absolute atomic E-state index is 0.120. The van der Waals surface area contributed by atoms with Crippen molar-refractivity contribution in [3.05, 3.63) is 71.8 Å². The number of amides is 2. The number of hydrogen-bond acceptors (Lipinski definition) is 3. The molecule has 0 saturated heterocycles. The smallest absolute Gasteiger partial charge is 0.407 e. The van der Waals surface area contributed by atoms with Crippen LogP contribution >= 0.6 is 0 Å². The quantitative estimate of drug-likeness (QED) is 0.862. The highest BCUT2D eigenvalue weighted by Gasteiger charge is 2.10. The summed E-state index contributed by atoms with van der Waals surface area (Å²) in [5.41, 5.74) is 1.90. The van der Waals surface area contributed by atoms with Crippen molar-refractivity contribution in [2.45, 2.75) is 19.6 Å². The molecule has 0 heterocycles. The average molecular weight is 312 g/mol. The Morgan fingerprint density at radius 1 is 1.00 bits per heavy atom. The van der Waals surface area contributed by atoms with Crippen LogP contribution in [-0.4, -0.2) is 18.5 Å². The molecule has 5 heteroatoms. The Bertz CT molecular complexity index is 629. The van der Waals surface area contributed by atoms with Gasteiger partial charge in [0.05, 0.1) is 6.04 Å². The molecule has 2 amide bonds. The monoisotopic (exact) mass is 312 g/mol. The molecular formula is C18H20N2O3. The van der Waals surface area contributed by atoms with Crippen LogP contribution in [0.5, 0.6) is 0 Å². The largest absolute Gasteiger partial charge is 0.445 e. The van der Waals surface area contributed by atoms with Gasteiger partial charge in [-0.15, -0.1) is 0 Å². The molecule has 0 aliphatic rings. The molecule has 0 fully saturated rings. The second-order valence-electron chi connectivity index (χ2n) is 5.12. The summed E-state index contributed by atoms with van der Waals surface area (Å²) in [6, 6.07) is 18.9. The van der Waals surface area contributed by atoms with Gasteiger partial charge in [0, 0.05) is 0 Å². The molecular weight excluding hydrogens is 292 g/mol. The Morgan fingerprint density at radius 2 is 1.61 bits per heavy atom. The second-order valence-corrected chi connectivity index (χ2v) is 5.12. The van der Waals surface area contributed by atoms with Crippen LogP contribution in [0.1, 0.15) is 24.1 Å². The van der Waals surface area contributed by atoms with Gasteiger partial charge in [0.2, 0.25) is 5.91 Å². The molecule has 0 saturated carbocycles. The summed E-state index contributed by atoms with van der Waals surface area (Å²) in [7, 11) is 0. The molecule has 2 rings (SSSR count). The van der Waals surface area contributed by atoms with Crippen LogP contribution in [-0.2, 0) is 16.1 Å². The summed E-state index contributed by atoms with van der Waals surface area (Å²) in [6.07, 6.45) is -0.614. The van der Waals surface area contributed by atoms with Crippen LogP contribution in [0.25, 0.3) is 0 Å². The van der Waals surface area contributed by atoms with E-state index >= 15 is 0 Å². The highest BCUT2D eigenvalue weighted by atomic mass is 16.5. The van der Waals surface area contributed by atoms with Gasteiger partial charge in [-0.05, 0) is 18.1 Å². The molecule has 0 radical (unpaired) electrons. The zero-order valence-electron chi connectivity index (χ0n) is 13.0. The first kappa shape index (κ1) is 16.5. The van der Waals surface area contributed by atoms with E-state index in [0.29, 0.717) is 0 Å². The first-order valence-electron chi connectivity index (χ1n) is 7.44. The van der Waals surface area contributed by atoms with E-state index in [1.165, 1.54) is 0 Å². The molecule has 1 atom stereocenters. The molecule has 23 heavy (non-hydrogen) atoms. The molecule has 0 spiro atoms. The fourth-order valence-electron chi connectivity index (χ4n) is 2.04. The molecule has 2 aromatic carbocycles. The molecule has 0 bridgehead atoms. The van der Waals surface area contributed by atoms with Gasteiger partial charge in [-0.25, -0.2) is 4.79 Å². The third-order valence-electron chi connectivity index (χ3n) is 3.28. The molecule has 0 aliphatic carbocycles. The summed E-state index contributed by atoms with van der Waals surface area (Å²) in [6.45, 7) is 1.94. The first-order valence-corrected chi connectivity index (χ1v) is 7.44. The Balaban J connectivity index is 1.68. The molecule has 0 aliphatic heterocycles. The Kier molecular flexibility index (Phi) is 6.17. The van der Waals surface area contributed by atoms with Gasteiger partial charge in [-0.1, -0.05) is 60.7 Å². The lowest BCUT2D eigenvalue weighted by Gasteiger charge is -2.14. The van der Waals surface area contributed by atoms with Gasteiger partial charge in [0.1, 0.15) is 13.2 Å². The summed E-state index contributed by atoms with van der Waals surface area (Å²) >= 11 is 0. The Labute approximate surface area is 135 Å². The van der Waals surface area contributed by atoms with Crippen molar-refractivity contribution in [3.63, 3.8) is 0 Å². The maximum atomic E-state index is 11.8. The van der Waals surface area contributed by atoms with Crippen LogP contribution in [0.3, 0.4) is 0 Å². The van der Waals surface area contributed by atoms with Crippen molar-refractivity contribution >= 4 is 12.0 Å². The van der Waals surface area contributed by atoms with E-state index < -0.39 is 6.09 Å². The minimum Gasteiger partial charge on any atom is -0.445 e. The third kappa shape index (κ3) is 5.82. The lowest BCUT2D eigenvalue weighted by atomic mass is 10.1. The van der Waals surface area contributed by atoms with Crippen molar-refractivity contribution in [1.29, 1.82) is 0 Å². The molecule has 120 valence electrons. The minimum atomic E-state index is -0.614. The van der Waals surface area contributed by atoms with Gasteiger partial charge >= 0.3 is 6.09 Å². The number of alkyl carbamates (subject to hydrolysis) is 1. The van der Waals surface area contributed by atoms with E-state index in [1.807, 2.05) is 67.6 Å². The van der Waals surface area contributed by atoms with E-state index in [1.54, 1.807) is 0 Å². The molecule has 2 aromatic rings. The zero-order chi connectivity index (χ0) is 16.5. The number of carbonyl (C=O) groups excluding carboxylic acids is 2. The number of benzene rings is 2. The van der Waals surface area contributed by atoms with E-state index in [-0.39, 0.29) is 25.1 Å². The van der Waals surface area contributed by atoms with Gasteiger partial charge in [0.15, 0.2) is 0 Å². The zero-order valence-corrected chi connectivity index (χ0v) is 13.0. The van der Waals surface area contributed by atoms with E-state index in [9.17, 15) is 9.59 Å². The SMILES string of the molecule is C[C@@H](NC(=O)CNC(=O)OCc1ccccc1)c1ccccc1. The lowest BCUT2D eigenvalue weighted by molar-refractivity contribution is -0.120. The van der Waals surface area contributed by atoms with E-state index in [4.69, 9.17) is 4.74 Å². The number of rotatable bonds is 6. The van der Waals surface area contributed by atoms with Crippen LogP contribution in [0.4, 0.5) is 4.79 Å². The summed E-state index contributed by atoms with van der Waals surface area (Å²) in [5, 5.41) is 5.25. The second kappa shape index (κ2) is 8.58. The fraction of sp³-hybridized carbons (Fsp3) is 0.222. The van der Waals surface area contributed by atoms with Crippen molar-refractivity contribution in [1.82, 2.24) is 10.6 Å². The molecule has 2 N–H and O–H groups in total. The van der Waals surface area contributed by atoms with Gasteiger partial charge < -0.3 is 15.4 Å². The Hall–Kier alpha value is -2.82. The Morgan fingerprint density at radius 3 is 2.26 bits per heavy atom. The van der Waals surface area contributed by atoms with Crippen LogP contribution in [0, 0.1) is 0 Å². The van der Waals surface area contributed by atoms with Crippen LogP contribution in [0.15, 0.2) is 60.7 Å². The predicted octanol–water partition coefficient (Wildman–Crippen LogP) is 2.79. The van der Waals surface area contributed by atoms with Gasteiger partial charge in [-0.3, -0.25) is 4.79 Å².